The molecule has 0 bridgehead atoms. The van der Waals surface area contributed by atoms with E-state index in [0.29, 0.717) is 5.88 Å². The highest BCUT2D eigenvalue weighted by Gasteiger charge is 2.15. The van der Waals surface area contributed by atoms with Crippen molar-refractivity contribution < 1.29 is 0 Å². The Balaban J connectivity index is 2.58. The van der Waals surface area contributed by atoms with Gasteiger partial charge in [-0.05, 0) is 5.41 Å². The molecule has 4 heteroatoms. The van der Waals surface area contributed by atoms with E-state index in [1.807, 2.05) is 17.5 Å². The first-order valence-corrected chi connectivity index (χ1v) is 3.76. The second-order valence-corrected chi connectivity index (χ2v) is 2.62. The summed E-state index contributed by atoms with van der Waals surface area (Å²) < 4.78 is 0. The lowest BCUT2D eigenvalue weighted by Gasteiger charge is -2.13. The average Bonchev–Trinajstić information content (AvgIpc) is 2.43. The normalized spacial score (nSPS) is 15.3. The van der Waals surface area contributed by atoms with E-state index in [-0.39, 0.29) is 0 Å². The van der Waals surface area contributed by atoms with Crippen LogP contribution in [-0.2, 0) is 0 Å². The molecule has 0 saturated heterocycles. The van der Waals surface area contributed by atoms with E-state index in [9.17, 15) is 0 Å². The fraction of sp³-hybridized carbons (Fsp3) is 0.333. The van der Waals surface area contributed by atoms with Gasteiger partial charge in [-0.1, -0.05) is 0 Å². The van der Waals surface area contributed by atoms with Gasteiger partial charge in [-0.3, -0.25) is 0 Å². The predicted octanol–water partition coefficient (Wildman–Crippen LogP) is 0.880. The molecule has 0 saturated carbocycles. The van der Waals surface area contributed by atoms with Crippen molar-refractivity contribution in [1.82, 2.24) is 4.90 Å². The summed E-state index contributed by atoms with van der Waals surface area (Å²) in [4.78, 5) is 1.70. The zero-order valence-corrected chi connectivity index (χ0v) is 6.01. The summed E-state index contributed by atoms with van der Waals surface area (Å²) in [5.74, 6) is 0.714. The molecule has 1 rings (SSSR count). The van der Waals surface area contributed by atoms with E-state index in [1.165, 1.54) is 0 Å². The molecule has 0 atom stereocenters. The van der Waals surface area contributed by atoms with Gasteiger partial charge in [-0.2, -0.15) is 10.5 Å². The Kier molecular flexibility index (Phi) is 2.20. The Bertz CT molecular complexity index is 208. The third kappa shape index (κ3) is 1.23. The van der Waals surface area contributed by atoms with Crippen molar-refractivity contribution in [2.24, 2.45) is 0 Å². The molecule has 0 fully saturated rings. The van der Waals surface area contributed by atoms with Gasteiger partial charge in [0, 0.05) is 6.20 Å². The van der Waals surface area contributed by atoms with Crippen LogP contribution in [-0.4, -0.2) is 16.8 Å². The highest BCUT2D eigenvalue weighted by molar-refractivity contribution is 8.02. The van der Waals surface area contributed by atoms with Gasteiger partial charge in [0.1, 0.15) is 12.1 Å². The number of nitriles is 2. The van der Waals surface area contributed by atoms with E-state index < -0.39 is 6.04 Å². The summed E-state index contributed by atoms with van der Waals surface area (Å²) in [5, 5.41) is 18.7. The van der Waals surface area contributed by atoms with Gasteiger partial charge in [0.15, 0.2) is 0 Å². The van der Waals surface area contributed by atoms with Crippen LogP contribution in [0.4, 0.5) is 0 Å². The number of rotatable bonds is 1. The smallest absolute Gasteiger partial charge is 0.205 e. The van der Waals surface area contributed by atoms with Gasteiger partial charge in [0.05, 0.1) is 5.88 Å². The first kappa shape index (κ1) is 6.98. The first-order valence-electron chi connectivity index (χ1n) is 2.71. The zero-order chi connectivity index (χ0) is 7.40. The molecule has 0 aromatic carbocycles. The minimum Gasteiger partial charge on any atom is -0.340 e. The fourth-order valence-corrected chi connectivity index (χ4v) is 1.37. The van der Waals surface area contributed by atoms with Gasteiger partial charge < -0.3 is 4.90 Å². The van der Waals surface area contributed by atoms with Crippen LogP contribution in [0.5, 0.6) is 0 Å². The largest absolute Gasteiger partial charge is 0.340 e. The molecule has 1 heterocycles. The molecule has 0 aliphatic carbocycles. The number of hydrogen-bond donors (Lipinski definition) is 0. The van der Waals surface area contributed by atoms with E-state index in [4.69, 9.17) is 10.5 Å². The second-order valence-electron chi connectivity index (χ2n) is 1.76. The average molecular weight is 151 g/mol. The zero-order valence-electron chi connectivity index (χ0n) is 5.19. The van der Waals surface area contributed by atoms with Crippen molar-refractivity contribution in [1.29, 1.82) is 10.5 Å². The molecule has 0 aromatic rings. The van der Waals surface area contributed by atoms with Crippen LogP contribution in [0.25, 0.3) is 0 Å². The van der Waals surface area contributed by atoms with Crippen molar-refractivity contribution in [3.8, 4) is 12.1 Å². The molecule has 0 aromatic heterocycles. The lowest BCUT2D eigenvalue weighted by Crippen LogP contribution is -2.25. The first-order chi connectivity index (χ1) is 4.88. The van der Waals surface area contributed by atoms with Gasteiger partial charge in [0.2, 0.25) is 6.04 Å². The van der Waals surface area contributed by atoms with Crippen molar-refractivity contribution in [2.45, 2.75) is 6.04 Å². The Morgan fingerprint density at radius 1 is 1.50 bits per heavy atom. The number of thioether (sulfide) groups is 1. The van der Waals surface area contributed by atoms with E-state index in [0.717, 1.165) is 0 Å². The maximum absolute atomic E-state index is 8.43. The molecule has 1 aliphatic heterocycles. The quantitative estimate of drug-likeness (QED) is 0.558. The van der Waals surface area contributed by atoms with Gasteiger partial charge in [-0.25, -0.2) is 0 Å². The molecule has 0 spiro atoms. The SMILES string of the molecule is N#CC(C#N)N1C=CSC1. The monoisotopic (exact) mass is 151 g/mol. The fourth-order valence-electron chi connectivity index (χ4n) is 0.631. The predicted molar refractivity (Wildman–Crippen MR) is 38.5 cm³/mol. The Morgan fingerprint density at radius 2 is 2.20 bits per heavy atom. The molecule has 1 aliphatic rings. The lowest BCUT2D eigenvalue weighted by molar-refractivity contribution is 0.442. The van der Waals surface area contributed by atoms with Crippen LogP contribution in [0, 0.1) is 22.7 Å². The third-order valence-electron chi connectivity index (χ3n) is 1.15. The molecular weight excluding hydrogens is 146 g/mol. The molecule has 0 radical (unpaired) electrons. The Hall–Kier alpha value is -1.13. The topological polar surface area (TPSA) is 50.8 Å². The minimum atomic E-state index is -0.619. The lowest BCUT2D eigenvalue weighted by atomic mass is 10.3. The van der Waals surface area contributed by atoms with Crippen LogP contribution >= 0.6 is 11.8 Å². The summed E-state index contributed by atoms with van der Waals surface area (Å²) in [7, 11) is 0. The van der Waals surface area contributed by atoms with Gasteiger partial charge in [0.25, 0.3) is 0 Å². The highest BCUT2D eigenvalue weighted by atomic mass is 32.2. The molecule has 10 heavy (non-hydrogen) atoms. The standard InChI is InChI=1S/C6H5N3S/c7-3-6(4-8)9-1-2-10-5-9/h1-2,6H,5H2. The minimum absolute atomic E-state index is 0.619. The van der Waals surface area contributed by atoms with Crippen LogP contribution in [0.3, 0.4) is 0 Å². The van der Waals surface area contributed by atoms with Gasteiger partial charge in [-0.15, -0.1) is 11.8 Å². The van der Waals surface area contributed by atoms with Crippen molar-refractivity contribution in [2.75, 3.05) is 5.88 Å². The van der Waals surface area contributed by atoms with E-state index in [1.54, 1.807) is 22.9 Å². The van der Waals surface area contributed by atoms with E-state index in [2.05, 4.69) is 0 Å². The van der Waals surface area contributed by atoms with Crippen LogP contribution in [0.1, 0.15) is 0 Å². The summed E-state index contributed by atoms with van der Waals surface area (Å²) in [6.45, 7) is 0. The molecule has 50 valence electrons. The molecular formula is C6H5N3S. The van der Waals surface area contributed by atoms with Gasteiger partial charge >= 0.3 is 0 Å². The van der Waals surface area contributed by atoms with Crippen molar-refractivity contribution >= 4 is 11.8 Å². The molecule has 0 amide bonds. The maximum atomic E-state index is 8.43. The summed E-state index contributed by atoms with van der Waals surface area (Å²) in [5.41, 5.74) is 0. The van der Waals surface area contributed by atoms with Crippen LogP contribution < -0.4 is 0 Å². The third-order valence-corrected chi connectivity index (χ3v) is 1.91. The molecule has 0 unspecified atom stereocenters. The van der Waals surface area contributed by atoms with Crippen molar-refractivity contribution in [3.63, 3.8) is 0 Å². The number of nitrogens with zero attached hydrogens (tertiary/aromatic N) is 3. The summed E-state index contributed by atoms with van der Waals surface area (Å²) in [6, 6.07) is 3.17. The van der Waals surface area contributed by atoms with E-state index >= 15 is 0 Å². The summed E-state index contributed by atoms with van der Waals surface area (Å²) in [6.07, 6.45) is 1.77. The van der Waals surface area contributed by atoms with Crippen LogP contribution in [0.2, 0.25) is 0 Å². The van der Waals surface area contributed by atoms with Crippen molar-refractivity contribution in [3.05, 3.63) is 11.6 Å². The number of hydrogen-bond acceptors (Lipinski definition) is 4. The Labute approximate surface area is 63.5 Å². The Morgan fingerprint density at radius 3 is 2.60 bits per heavy atom. The molecule has 0 N–H and O–H groups in total. The summed E-state index contributed by atoms with van der Waals surface area (Å²) >= 11 is 1.58. The second kappa shape index (κ2) is 3.14. The molecule has 3 nitrogen and oxygen atoms in total. The van der Waals surface area contributed by atoms with Crippen LogP contribution in [0.15, 0.2) is 11.6 Å². The highest BCUT2D eigenvalue weighted by Crippen LogP contribution is 2.16. The maximum Gasteiger partial charge on any atom is 0.205 e.